The van der Waals surface area contributed by atoms with Gasteiger partial charge in [0.2, 0.25) is 11.3 Å². The Bertz CT molecular complexity index is 681. The fourth-order valence-electron chi connectivity index (χ4n) is 2.00. The smallest absolute Gasteiger partial charge is 0.221 e. The predicted molar refractivity (Wildman–Crippen MR) is 82.2 cm³/mol. The molecule has 0 aliphatic carbocycles. The van der Waals surface area contributed by atoms with Crippen molar-refractivity contribution in [3.63, 3.8) is 0 Å². The van der Waals surface area contributed by atoms with Crippen LogP contribution in [0, 0.1) is 0 Å². The van der Waals surface area contributed by atoms with Gasteiger partial charge in [-0.15, -0.1) is 0 Å². The van der Waals surface area contributed by atoms with Gasteiger partial charge in [0.25, 0.3) is 0 Å². The highest BCUT2D eigenvalue weighted by atomic mass is 16.1. The van der Waals surface area contributed by atoms with Gasteiger partial charge in [-0.25, -0.2) is 0 Å². The van der Waals surface area contributed by atoms with Crippen LogP contribution >= 0.6 is 0 Å². The van der Waals surface area contributed by atoms with Crippen LogP contribution in [0.1, 0.15) is 13.3 Å². The number of hydrogen-bond donors (Lipinski definition) is 2. The maximum atomic E-state index is 11.8. The number of para-hydroxylation sites is 1. The molecule has 1 aromatic heterocycles. The highest BCUT2D eigenvalue weighted by Crippen LogP contribution is 2.08. The number of amides is 1. The van der Waals surface area contributed by atoms with Crippen molar-refractivity contribution < 1.29 is 4.79 Å². The summed E-state index contributed by atoms with van der Waals surface area (Å²) in [6.45, 7) is 3.03. The van der Waals surface area contributed by atoms with E-state index in [9.17, 15) is 9.59 Å². The third kappa shape index (κ3) is 3.88. The first kappa shape index (κ1) is 15.2. The van der Waals surface area contributed by atoms with Crippen molar-refractivity contribution in [2.24, 2.45) is 0 Å². The molecular weight excluding hydrogens is 268 g/mol. The number of benzene rings is 1. The summed E-state index contributed by atoms with van der Waals surface area (Å²) in [5.74, 6) is -0.0262. The van der Waals surface area contributed by atoms with Crippen LogP contribution in [0.3, 0.4) is 0 Å². The number of aryl methyl sites for hydroxylation is 1. The minimum absolute atomic E-state index is 0.0262. The van der Waals surface area contributed by atoms with Gasteiger partial charge >= 0.3 is 0 Å². The molecule has 0 fully saturated rings. The van der Waals surface area contributed by atoms with E-state index in [0.717, 1.165) is 5.52 Å². The van der Waals surface area contributed by atoms with Gasteiger partial charge in [0.15, 0.2) is 0 Å². The van der Waals surface area contributed by atoms with Crippen LogP contribution in [0.2, 0.25) is 0 Å². The zero-order chi connectivity index (χ0) is 15.2. The molecule has 0 spiro atoms. The van der Waals surface area contributed by atoms with Crippen LogP contribution in [0.25, 0.3) is 10.9 Å². The van der Waals surface area contributed by atoms with Gasteiger partial charge in [0.1, 0.15) is 0 Å². The Kier molecular flexibility index (Phi) is 5.05. The predicted octanol–water partition coefficient (Wildman–Crippen LogP) is 0.511. The number of aromatic nitrogens is 2. The largest absolute Gasteiger partial charge is 0.354 e. The van der Waals surface area contributed by atoms with Gasteiger partial charge < -0.3 is 10.6 Å². The maximum Gasteiger partial charge on any atom is 0.221 e. The zero-order valence-electron chi connectivity index (χ0n) is 12.3. The third-order valence-electron chi connectivity index (χ3n) is 3.41. The first-order chi connectivity index (χ1) is 10.1. The first-order valence-electron chi connectivity index (χ1n) is 7.00. The van der Waals surface area contributed by atoms with Crippen LogP contribution in [-0.2, 0) is 11.3 Å². The molecule has 0 radical (unpaired) electrons. The van der Waals surface area contributed by atoms with E-state index >= 15 is 0 Å². The Morgan fingerprint density at radius 2 is 2.14 bits per heavy atom. The van der Waals surface area contributed by atoms with Crippen molar-refractivity contribution >= 4 is 16.8 Å². The molecule has 0 aliphatic rings. The normalized spacial score (nSPS) is 12.3. The van der Waals surface area contributed by atoms with Gasteiger partial charge in [-0.3, -0.25) is 14.3 Å². The molecule has 21 heavy (non-hydrogen) atoms. The van der Waals surface area contributed by atoms with E-state index in [1.54, 1.807) is 10.7 Å². The highest BCUT2D eigenvalue weighted by molar-refractivity contribution is 5.79. The van der Waals surface area contributed by atoms with Crippen molar-refractivity contribution in [1.29, 1.82) is 0 Å². The van der Waals surface area contributed by atoms with E-state index in [4.69, 9.17) is 0 Å². The topological polar surface area (TPSA) is 76.0 Å². The number of hydrogen-bond acceptors (Lipinski definition) is 4. The van der Waals surface area contributed by atoms with E-state index in [1.807, 2.05) is 32.2 Å². The quantitative estimate of drug-likeness (QED) is 0.812. The number of rotatable bonds is 6. The zero-order valence-corrected chi connectivity index (χ0v) is 12.3. The lowest BCUT2D eigenvalue weighted by atomic mass is 10.2. The number of carbonyl (C=O) groups excluding carboxylic acids is 1. The van der Waals surface area contributed by atoms with E-state index in [0.29, 0.717) is 24.9 Å². The van der Waals surface area contributed by atoms with Crippen LogP contribution in [0.5, 0.6) is 0 Å². The Morgan fingerprint density at radius 1 is 1.38 bits per heavy atom. The average Bonchev–Trinajstić information content (AvgIpc) is 2.52. The number of likely N-dealkylation sites (N-methyl/N-ethyl adjacent to an activating group) is 1. The number of fused-ring (bicyclic) bond motifs is 1. The standard InChI is InChI=1S/C15H20N4O2/c1-11(16-2)9-17-15(21)7-8-19-13-6-4-3-5-12(13)14(20)10-18-19/h3-6,10-11,16H,7-9H2,1-2H3,(H,17,21). The summed E-state index contributed by atoms with van der Waals surface area (Å²) >= 11 is 0. The summed E-state index contributed by atoms with van der Waals surface area (Å²) < 4.78 is 1.69. The molecule has 0 saturated heterocycles. The number of nitrogens with zero attached hydrogens (tertiary/aromatic N) is 2. The van der Waals surface area contributed by atoms with E-state index < -0.39 is 0 Å². The van der Waals surface area contributed by atoms with E-state index in [-0.39, 0.29) is 17.4 Å². The molecule has 112 valence electrons. The minimum Gasteiger partial charge on any atom is -0.354 e. The summed E-state index contributed by atoms with van der Waals surface area (Å²) in [7, 11) is 1.85. The molecule has 1 heterocycles. The molecule has 1 aromatic carbocycles. The van der Waals surface area contributed by atoms with Crippen molar-refractivity contribution in [3.05, 3.63) is 40.7 Å². The molecule has 2 aromatic rings. The van der Waals surface area contributed by atoms with Crippen molar-refractivity contribution in [2.75, 3.05) is 13.6 Å². The molecule has 6 nitrogen and oxygen atoms in total. The van der Waals surface area contributed by atoms with Gasteiger partial charge in [-0.1, -0.05) is 12.1 Å². The second-order valence-corrected chi connectivity index (χ2v) is 4.99. The summed E-state index contributed by atoms with van der Waals surface area (Å²) in [6.07, 6.45) is 1.62. The minimum atomic E-state index is -0.103. The summed E-state index contributed by atoms with van der Waals surface area (Å²) in [4.78, 5) is 23.5. The van der Waals surface area contributed by atoms with Gasteiger partial charge in [-0.05, 0) is 26.1 Å². The second-order valence-electron chi connectivity index (χ2n) is 4.99. The van der Waals surface area contributed by atoms with Crippen molar-refractivity contribution in [3.8, 4) is 0 Å². The average molecular weight is 288 g/mol. The Morgan fingerprint density at radius 3 is 2.90 bits per heavy atom. The molecular formula is C15H20N4O2. The van der Waals surface area contributed by atoms with Gasteiger partial charge in [0.05, 0.1) is 18.3 Å². The van der Waals surface area contributed by atoms with Crippen molar-refractivity contribution in [2.45, 2.75) is 25.9 Å². The van der Waals surface area contributed by atoms with Gasteiger partial charge in [-0.2, -0.15) is 5.10 Å². The highest BCUT2D eigenvalue weighted by Gasteiger charge is 2.07. The Labute approximate surface area is 123 Å². The lowest BCUT2D eigenvalue weighted by Crippen LogP contribution is -2.37. The molecule has 0 saturated carbocycles. The first-order valence-corrected chi connectivity index (χ1v) is 7.00. The van der Waals surface area contributed by atoms with Crippen LogP contribution in [0.15, 0.2) is 35.3 Å². The molecule has 1 unspecified atom stereocenters. The van der Waals surface area contributed by atoms with E-state index in [1.165, 1.54) is 6.20 Å². The number of nitrogens with one attached hydrogen (secondary N) is 2. The van der Waals surface area contributed by atoms with Crippen molar-refractivity contribution in [1.82, 2.24) is 20.4 Å². The summed E-state index contributed by atoms with van der Waals surface area (Å²) in [5.41, 5.74) is 0.649. The lowest BCUT2D eigenvalue weighted by Gasteiger charge is -2.12. The lowest BCUT2D eigenvalue weighted by molar-refractivity contribution is -0.121. The van der Waals surface area contributed by atoms with Crippen LogP contribution in [0.4, 0.5) is 0 Å². The summed E-state index contributed by atoms with van der Waals surface area (Å²) in [5, 5.41) is 10.6. The second kappa shape index (κ2) is 6.99. The van der Waals surface area contributed by atoms with E-state index in [2.05, 4.69) is 15.7 Å². The Hall–Kier alpha value is -2.21. The molecule has 1 amide bonds. The van der Waals surface area contributed by atoms with Crippen LogP contribution < -0.4 is 16.1 Å². The molecule has 6 heteroatoms. The monoisotopic (exact) mass is 288 g/mol. The maximum absolute atomic E-state index is 11.8. The molecule has 2 rings (SSSR count). The number of carbonyl (C=O) groups is 1. The molecule has 0 aliphatic heterocycles. The van der Waals surface area contributed by atoms with Crippen LogP contribution in [-0.4, -0.2) is 35.3 Å². The fraction of sp³-hybridized carbons (Fsp3) is 0.400. The summed E-state index contributed by atoms with van der Waals surface area (Å²) in [6, 6.07) is 7.52. The Balaban J connectivity index is 2.02. The molecule has 0 bridgehead atoms. The SMILES string of the molecule is CNC(C)CNC(=O)CCn1ncc(=O)c2ccccc21. The third-order valence-corrected chi connectivity index (χ3v) is 3.41. The molecule has 2 N–H and O–H groups in total. The van der Waals surface area contributed by atoms with Gasteiger partial charge in [0, 0.05) is 24.4 Å². The molecule has 1 atom stereocenters. The fourth-order valence-corrected chi connectivity index (χ4v) is 2.00.